The molecule has 0 aliphatic heterocycles. The van der Waals surface area contributed by atoms with Crippen molar-refractivity contribution in [1.29, 1.82) is 0 Å². The normalized spacial score (nSPS) is 16.8. The summed E-state index contributed by atoms with van der Waals surface area (Å²) < 4.78 is 8.41. The molecular formula is C29H26ClN5O4. The van der Waals surface area contributed by atoms with Gasteiger partial charge in [-0.25, -0.2) is 14.3 Å². The standard InChI is InChI=1S/C29H26ClN5O4/c1-16-4-9-25(36)26-20-14-29(2,11-10-22(20)33-35(16)26)32-27(37)19-7-6-18(13-21(19)30)34-15-31-23-8-5-17(12-24(23)34)28(38)39-3/h4-9,12-13,15,36H,10-11,14H2,1-3H3,(H,32,37)/t29-/m1/s1. The number of amides is 1. The van der Waals surface area contributed by atoms with E-state index in [1.807, 2.05) is 19.9 Å². The van der Waals surface area contributed by atoms with E-state index >= 15 is 0 Å². The van der Waals surface area contributed by atoms with E-state index in [1.165, 1.54) is 7.11 Å². The van der Waals surface area contributed by atoms with Gasteiger partial charge in [-0.15, -0.1) is 0 Å². The minimum absolute atomic E-state index is 0.175. The van der Waals surface area contributed by atoms with Crippen molar-refractivity contribution in [1.82, 2.24) is 24.5 Å². The molecule has 0 spiro atoms. The van der Waals surface area contributed by atoms with Crippen LogP contribution in [-0.2, 0) is 17.6 Å². The van der Waals surface area contributed by atoms with Crippen LogP contribution >= 0.6 is 11.6 Å². The van der Waals surface area contributed by atoms with E-state index in [-0.39, 0.29) is 11.7 Å². The molecule has 39 heavy (non-hydrogen) atoms. The first kappa shape index (κ1) is 24.9. The van der Waals surface area contributed by atoms with E-state index in [4.69, 9.17) is 21.4 Å². The predicted molar refractivity (Wildman–Crippen MR) is 147 cm³/mol. The molecule has 198 valence electrons. The Morgan fingerprint density at radius 1 is 1.15 bits per heavy atom. The monoisotopic (exact) mass is 543 g/mol. The highest BCUT2D eigenvalue weighted by Crippen LogP contribution is 2.35. The number of fused-ring (bicyclic) bond motifs is 4. The zero-order chi connectivity index (χ0) is 27.5. The smallest absolute Gasteiger partial charge is 0.337 e. The maximum Gasteiger partial charge on any atom is 0.337 e. The number of aromatic nitrogens is 4. The molecule has 1 aliphatic carbocycles. The number of methoxy groups -OCH3 is 1. The highest BCUT2D eigenvalue weighted by molar-refractivity contribution is 6.34. The maximum atomic E-state index is 13.4. The molecule has 0 bridgehead atoms. The minimum atomic E-state index is -0.545. The van der Waals surface area contributed by atoms with E-state index in [0.717, 1.165) is 17.0 Å². The average Bonchev–Trinajstić information content (AvgIpc) is 3.51. The van der Waals surface area contributed by atoms with Gasteiger partial charge in [0.25, 0.3) is 5.91 Å². The minimum Gasteiger partial charge on any atom is -0.506 e. The molecular weight excluding hydrogens is 518 g/mol. The number of nitrogens with one attached hydrogen (secondary N) is 1. The molecule has 6 rings (SSSR count). The summed E-state index contributed by atoms with van der Waals surface area (Å²) in [5, 5.41) is 18.7. The molecule has 1 atom stereocenters. The Hall–Kier alpha value is -4.37. The number of carbonyl (C=O) groups is 2. The van der Waals surface area contributed by atoms with E-state index in [9.17, 15) is 14.7 Å². The second kappa shape index (κ2) is 9.13. The van der Waals surface area contributed by atoms with Crippen LogP contribution in [0.4, 0.5) is 0 Å². The van der Waals surface area contributed by atoms with Crippen LogP contribution in [0.3, 0.4) is 0 Å². The van der Waals surface area contributed by atoms with E-state index in [1.54, 1.807) is 57.9 Å². The summed E-state index contributed by atoms with van der Waals surface area (Å²) >= 11 is 6.62. The van der Waals surface area contributed by atoms with Gasteiger partial charge in [0, 0.05) is 22.5 Å². The van der Waals surface area contributed by atoms with Crippen LogP contribution in [0.25, 0.3) is 22.2 Å². The highest BCUT2D eigenvalue weighted by atomic mass is 35.5. The summed E-state index contributed by atoms with van der Waals surface area (Å²) in [5.41, 5.74) is 5.85. The third kappa shape index (κ3) is 4.19. The van der Waals surface area contributed by atoms with Crippen molar-refractivity contribution in [2.45, 2.75) is 38.6 Å². The fourth-order valence-corrected chi connectivity index (χ4v) is 5.63. The van der Waals surface area contributed by atoms with E-state index in [2.05, 4.69) is 10.3 Å². The molecule has 0 fully saturated rings. The van der Waals surface area contributed by atoms with Crippen molar-refractivity contribution in [3.63, 3.8) is 0 Å². The second-order valence-electron chi connectivity index (χ2n) is 10.2. The van der Waals surface area contributed by atoms with Gasteiger partial charge in [0.1, 0.15) is 17.6 Å². The lowest BCUT2D eigenvalue weighted by atomic mass is 9.81. The van der Waals surface area contributed by atoms with Crippen LogP contribution < -0.4 is 5.32 Å². The van der Waals surface area contributed by atoms with E-state index < -0.39 is 11.5 Å². The number of esters is 1. The van der Waals surface area contributed by atoms with Gasteiger partial charge in [-0.3, -0.25) is 9.36 Å². The molecule has 1 amide bonds. The Labute approximate surface area is 229 Å². The first-order chi connectivity index (χ1) is 18.7. The van der Waals surface area contributed by atoms with Gasteiger partial charge >= 0.3 is 5.97 Å². The summed E-state index contributed by atoms with van der Waals surface area (Å²) in [6, 6.07) is 13.8. The lowest BCUT2D eigenvalue weighted by Crippen LogP contribution is -2.49. The number of halogens is 1. The average molecular weight is 544 g/mol. The Morgan fingerprint density at radius 2 is 1.97 bits per heavy atom. The number of benzene rings is 2. The number of hydrogen-bond donors (Lipinski definition) is 2. The quantitative estimate of drug-likeness (QED) is 0.315. The number of nitrogens with zero attached hydrogens (tertiary/aromatic N) is 4. The van der Waals surface area contributed by atoms with Gasteiger partial charge in [0.15, 0.2) is 0 Å². The lowest BCUT2D eigenvalue weighted by molar-refractivity contribution is 0.0600. The maximum absolute atomic E-state index is 13.4. The summed E-state index contributed by atoms with van der Waals surface area (Å²) in [4.78, 5) is 29.8. The summed E-state index contributed by atoms with van der Waals surface area (Å²) in [5.74, 6) is -0.542. The Bertz CT molecular complexity index is 1810. The molecule has 9 nitrogen and oxygen atoms in total. The fraction of sp³-hybridized carbons (Fsp3) is 0.241. The molecule has 2 N–H and O–H groups in total. The zero-order valence-electron chi connectivity index (χ0n) is 21.7. The Balaban J connectivity index is 1.27. The number of ether oxygens (including phenoxy) is 1. The fourth-order valence-electron chi connectivity index (χ4n) is 5.37. The highest BCUT2D eigenvalue weighted by Gasteiger charge is 2.35. The molecule has 5 aromatic rings. The number of pyridine rings is 1. The number of carbonyl (C=O) groups excluding carboxylic acids is 2. The lowest BCUT2D eigenvalue weighted by Gasteiger charge is -2.34. The van der Waals surface area contributed by atoms with Gasteiger partial charge in [0.2, 0.25) is 0 Å². The predicted octanol–water partition coefficient (Wildman–Crippen LogP) is 4.80. The van der Waals surface area contributed by atoms with Gasteiger partial charge in [-0.05, 0) is 81.6 Å². The molecule has 0 unspecified atom stereocenters. The molecule has 0 saturated carbocycles. The zero-order valence-corrected chi connectivity index (χ0v) is 22.4. The molecule has 3 aromatic heterocycles. The SMILES string of the molecule is COC(=O)c1ccc2ncn(-c3ccc(C(=O)N[C@]4(C)CCc5nn6c(C)ccc(O)c6c5C4)c(Cl)c3)c2c1. The van der Waals surface area contributed by atoms with Crippen molar-refractivity contribution >= 4 is 40.0 Å². The summed E-state index contributed by atoms with van der Waals surface area (Å²) in [6.07, 6.45) is 3.56. The van der Waals surface area contributed by atoms with Crippen molar-refractivity contribution in [3.05, 3.63) is 88.0 Å². The molecule has 2 aromatic carbocycles. The first-order valence-corrected chi connectivity index (χ1v) is 12.9. The van der Waals surface area contributed by atoms with Gasteiger partial charge in [-0.1, -0.05) is 11.6 Å². The Morgan fingerprint density at radius 3 is 2.74 bits per heavy atom. The van der Waals surface area contributed by atoms with Crippen molar-refractivity contribution in [2.75, 3.05) is 7.11 Å². The van der Waals surface area contributed by atoms with Gasteiger partial charge in [0.05, 0.1) is 40.0 Å². The largest absolute Gasteiger partial charge is 0.506 e. The van der Waals surface area contributed by atoms with Crippen LogP contribution in [0.15, 0.2) is 54.9 Å². The second-order valence-corrected chi connectivity index (χ2v) is 10.6. The van der Waals surface area contributed by atoms with Crippen LogP contribution in [-0.4, -0.2) is 48.8 Å². The third-order valence-electron chi connectivity index (χ3n) is 7.47. The number of aromatic hydroxyl groups is 1. The first-order valence-electron chi connectivity index (χ1n) is 12.5. The van der Waals surface area contributed by atoms with Crippen molar-refractivity contribution in [3.8, 4) is 11.4 Å². The number of hydrogen-bond acceptors (Lipinski definition) is 6. The van der Waals surface area contributed by atoms with Gasteiger partial charge in [-0.2, -0.15) is 5.10 Å². The molecule has 3 heterocycles. The van der Waals surface area contributed by atoms with Crippen molar-refractivity contribution < 1.29 is 19.4 Å². The Kier molecular flexibility index (Phi) is 5.84. The summed E-state index contributed by atoms with van der Waals surface area (Å²) in [7, 11) is 1.34. The van der Waals surface area contributed by atoms with Crippen LogP contribution in [0, 0.1) is 6.92 Å². The van der Waals surface area contributed by atoms with Crippen LogP contribution in [0.2, 0.25) is 5.02 Å². The third-order valence-corrected chi connectivity index (χ3v) is 7.78. The molecule has 0 radical (unpaired) electrons. The molecule has 10 heteroatoms. The number of rotatable bonds is 4. The van der Waals surface area contributed by atoms with Crippen LogP contribution in [0.1, 0.15) is 51.0 Å². The van der Waals surface area contributed by atoms with Gasteiger partial charge < -0.3 is 15.2 Å². The topological polar surface area (TPSA) is 111 Å². The summed E-state index contributed by atoms with van der Waals surface area (Å²) in [6.45, 7) is 3.95. The number of imidazole rings is 1. The van der Waals surface area contributed by atoms with Crippen LogP contribution in [0.5, 0.6) is 5.75 Å². The number of aryl methyl sites for hydroxylation is 2. The molecule has 0 saturated heterocycles. The molecule has 1 aliphatic rings. The van der Waals surface area contributed by atoms with Crippen molar-refractivity contribution in [2.24, 2.45) is 0 Å². The van der Waals surface area contributed by atoms with E-state index in [0.29, 0.717) is 57.6 Å².